The van der Waals surface area contributed by atoms with E-state index in [0.29, 0.717) is 0 Å². The molecule has 0 rings (SSSR count). The molecule has 0 aliphatic heterocycles. The van der Waals surface area contributed by atoms with Gasteiger partial charge in [0.05, 0.1) is 13.1 Å². The maximum atomic E-state index is 10.2. The molecule has 0 amide bonds. The fourth-order valence-electron chi connectivity index (χ4n) is 1.60. The lowest BCUT2D eigenvalue weighted by atomic mass is 10.1. The smallest absolute Gasteiger partial charge is 0.317 e. The molecule has 0 saturated heterocycles. The summed E-state index contributed by atoms with van der Waals surface area (Å²) in [7, 11) is 0. The minimum atomic E-state index is -0.816. The fourth-order valence-corrected chi connectivity index (χ4v) is 1.60. The lowest BCUT2D eigenvalue weighted by Gasteiger charge is -2.03. The average Bonchev–Trinajstić information content (AvgIpc) is 2.29. The number of carbonyl (C=O) groups is 2. The molecule has 0 saturated carbocycles. The molecule has 0 aromatic carbocycles. The van der Waals surface area contributed by atoms with Crippen molar-refractivity contribution in [3.8, 4) is 0 Å². The maximum Gasteiger partial charge on any atom is 0.317 e. The number of aliphatic carboxylic acids is 2. The highest BCUT2D eigenvalue weighted by Crippen LogP contribution is 2.04. The van der Waals surface area contributed by atoms with E-state index in [-0.39, 0.29) is 13.1 Å². The van der Waals surface area contributed by atoms with Gasteiger partial charge in [-0.1, -0.05) is 25.7 Å². The molecule has 0 bridgehead atoms. The number of carboxylic acids is 2. The topological polar surface area (TPSA) is 98.7 Å². The van der Waals surface area contributed by atoms with Crippen LogP contribution in [0.4, 0.5) is 0 Å². The Morgan fingerprint density at radius 3 is 1.33 bits per heavy atom. The van der Waals surface area contributed by atoms with Gasteiger partial charge < -0.3 is 20.8 Å². The van der Waals surface area contributed by atoms with Crippen molar-refractivity contribution >= 4 is 11.9 Å². The Morgan fingerprint density at radius 1 is 0.667 bits per heavy atom. The molecule has 18 heavy (non-hydrogen) atoms. The molecule has 0 atom stereocenters. The van der Waals surface area contributed by atoms with E-state index < -0.39 is 11.9 Å². The molecule has 6 heteroatoms. The summed E-state index contributed by atoms with van der Waals surface area (Å²) in [5.74, 6) is -1.63. The molecule has 0 aromatic heterocycles. The zero-order valence-electron chi connectivity index (χ0n) is 10.8. The first-order valence-electron chi connectivity index (χ1n) is 6.48. The summed E-state index contributed by atoms with van der Waals surface area (Å²) in [6, 6.07) is 0. The van der Waals surface area contributed by atoms with Crippen LogP contribution in [0.25, 0.3) is 0 Å². The van der Waals surface area contributed by atoms with E-state index in [2.05, 4.69) is 10.6 Å². The summed E-state index contributed by atoms with van der Waals surface area (Å²) in [6.45, 7) is 1.59. The van der Waals surface area contributed by atoms with Gasteiger partial charge in [0, 0.05) is 0 Å². The summed E-state index contributed by atoms with van der Waals surface area (Å²) in [6.07, 6.45) is 6.51. The highest BCUT2D eigenvalue weighted by molar-refractivity contribution is 5.69. The van der Waals surface area contributed by atoms with Gasteiger partial charge in [-0.15, -0.1) is 0 Å². The Hall–Kier alpha value is -1.14. The van der Waals surface area contributed by atoms with E-state index in [1.165, 1.54) is 0 Å². The van der Waals surface area contributed by atoms with Gasteiger partial charge in [-0.3, -0.25) is 9.59 Å². The Balaban J connectivity index is 2.99. The first-order valence-corrected chi connectivity index (χ1v) is 6.48. The van der Waals surface area contributed by atoms with Gasteiger partial charge in [-0.25, -0.2) is 0 Å². The summed E-state index contributed by atoms with van der Waals surface area (Å²) in [4.78, 5) is 20.4. The van der Waals surface area contributed by atoms with E-state index in [1.54, 1.807) is 0 Å². The number of nitrogens with one attached hydrogen (secondary N) is 2. The van der Waals surface area contributed by atoms with Crippen molar-refractivity contribution in [1.82, 2.24) is 10.6 Å². The second-order valence-corrected chi connectivity index (χ2v) is 4.26. The van der Waals surface area contributed by atoms with Gasteiger partial charge in [-0.05, 0) is 25.9 Å². The van der Waals surface area contributed by atoms with Crippen molar-refractivity contribution in [1.29, 1.82) is 0 Å². The first-order chi connectivity index (χ1) is 8.63. The van der Waals surface area contributed by atoms with E-state index in [4.69, 9.17) is 10.2 Å². The molecular weight excluding hydrogens is 236 g/mol. The molecule has 106 valence electrons. The van der Waals surface area contributed by atoms with Crippen molar-refractivity contribution in [2.24, 2.45) is 0 Å². The molecule has 0 aliphatic rings. The molecule has 0 heterocycles. The van der Waals surface area contributed by atoms with Crippen molar-refractivity contribution in [2.45, 2.75) is 38.5 Å². The zero-order chi connectivity index (χ0) is 13.6. The van der Waals surface area contributed by atoms with Crippen LogP contribution in [0.3, 0.4) is 0 Å². The van der Waals surface area contributed by atoms with E-state index in [0.717, 1.165) is 51.6 Å². The van der Waals surface area contributed by atoms with Gasteiger partial charge in [0.2, 0.25) is 0 Å². The average molecular weight is 260 g/mol. The zero-order valence-corrected chi connectivity index (χ0v) is 10.8. The lowest BCUT2D eigenvalue weighted by molar-refractivity contribution is -0.136. The van der Waals surface area contributed by atoms with Crippen LogP contribution in [0.5, 0.6) is 0 Å². The standard InChI is InChI=1S/C12H24N2O4/c15-11(16)9-13-7-5-3-1-2-4-6-8-14-10-12(17)18/h13-14H,1-10H2,(H,15,16)(H,17,18). The van der Waals surface area contributed by atoms with E-state index in [9.17, 15) is 9.59 Å². The number of rotatable bonds is 13. The number of carboxylic acid groups (broad SMARTS) is 2. The largest absolute Gasteiger partial charge is 0.480 e. The van der Waals surface area contributed by atoms with Crippen molar-refractivity contribution in [3.63, 3.8) is 0 Å². The minimum Gasteiger partial charge on any atom is -0.480 e. The first kappa shape index (κ1) is 16.9. The number of hydrogen-bond acceptors (Lipinski definition) is 4. The second kappa shape index (κ2) is 12.3. The van der Waals surface area contributed by atoms with Crippen molar-refractivity contribution in [2.75, 3.05) is 26.2 Å². The molecule has 0 spiro atoms. The third-order valence-electron chi connectivity index (χ3n) is 2.51. The molecule has 0 aliphatic carbocycles. The third kappa shape index (κ3) is 14.9. The minimum absolute atomic E-state index is 0.0370. The summed E-state index contributed by atoms with van der Waals surface area (Å²) >= 11 is 0. The molecular formula is C12H24N2O4. The predicted molar refractivity (Wildman–Crippen MR) is 68.7 cm³/mol. The molecule has 0 fully saturated rings. The van der Waals surface area contributed by atoms with Crippen LogP contribution < -0.4 is 10.6 Å². The summed E-state index contributed by atoms with van der Waals surface area (Å²) in [5.41, 5.74) is 0. The Bertz CT molecular complexity index is 210. The lowest BCUT2D eigenvalue weighted by Crippen LogP contribution is -2.23. The van der Waals surface area contributed by atoms with E-state index >= 15 is 0 Å². The third-order valence-corrected chi connectivity index (χ3v) is 2.51. The van der Waals surface area contributed by atoms with Crippen LogP contribution in [0.15, 0.2) is 0 Å². The predicted octanol–water partition coefficient (Wildman–Crippen LogP) is 0.675. The Morgan fingerprint density at radius 2 is 1.00 bits per heavy atom. The van der Waals surface area contributed by atoms with Crippen molar-refractivity contribution < 1.29 is 19.8 Å². The molecule has 6 nitrogen and oxygen atoms in total. The highest BCUT2D eigenvalue weighted by atomic mass is 16.4. The van der Waals surface area contributed by atoms with Crippen LogP contribution in [-0.2, 0) is 9.59 Å². The maximum absolute atomic E-state index is 10.2. The Kier molecular flexibility index (Phi) is 11.5. The Labute approximate surface area is 108 Å². The number of unbranched alkanes of at least 4 members (excludes halogenated alkanes) is 5. The molecule has 0 aromatic rings. The van der Waals surface area contributed by atoms with Crippen LogP contribution in [-0.4, -0.2) is 48.3 Å². The van der Waals surface area contributed by atoms with Crippen LogP contribution in [0.2, 0.25) is 0 Å². The van der Waals surface area contributed by atoms with Gasteiger partial charge >= 0.3 is 11.9 Å². The monoisotopic (exact) mass is 260 g/mol. The van der Waals surface area contributed by atoms with Gasteiger partial charge in [0.1, 0.15) is 0 Å². The second-order valence-electron chi connectivity index (χ2n) is 4.26. The van der Waals surface area contributed by atoms with Gasteiger partial charge in [0.15, 0.2) is 0 Å². The van der Waals surface area contributed by atoms with Crippen LogP contribution in [0.1, 0.15) is 38.5 Å². The van der Waals surface area contributed by atoms with E-state index in [1.807, 2.05) is 0 Å². The van der Waals surface area contributed by atoms with Crippen LogP contribution >= 0.6 is 0 Å². The molecule has 0 radical (unpaired) electrons. The summed E-state index contributed by atoms with van der Waals surface area (Å²) < 4.78 is 0. The number of hydrogen-bond donors (Lipinski definition) is 4. The van der Waals surface area contributed by atoms with Gasteiger partial charge in [0.25, 0.3) is 0 Å². The highest BCUT2D eigenvalue weighted by Gasteiger charge is 1.96. The van der Waals surface area contributed by atoms with Gasteiger partial charge in [-0.2, -0.15) is 0 Å². The van der Waals surface area contributed by atoms with Crippen LogP contribution in [0, 0.1) is 0 Å². The normalized spacial score (nSPS) is 10.4. The SMILES string of the molecule is O=C(O)CNCCCCCCCCNCC(=O)O. The summed E-state index contributed by atoms with van der Waals surface area (Å²) in [5, 5.41) is 22.5. The fraction of sp³-hybridized carbons (Fsp3) is 0.833. The molecule has 4 N–H and O–H groups in total. The molecule has 0 unspecified atom stereocenters. The van der Waals surface area contributed by atoms with Crippen molar-refractivity contribution in [3.05, 3.63) is 0 Å². The quantitative estimate of drug-likeness (QED) is 0.363.